The van der Waals surface area contributed by atoms with Gasteiger partial charge in [0, 0.05) is 17.6 Å². The van der Waals surface area contributed by atoms with Gasteiger partial charge in [-0.25, -0.2) is 9.59 Å². The molecule has 0 radical (unpaired) electrons. The van der Waals surface area contributed by atoms with E-state index in [9.17, 15) is 19.2 Å². The van der Waals surface area contributed by atoms with Gasteiger partial charge in [-0.05, 0) is 13.8 Å². The van der Waals surface area contributed by atoms with Crippen molar-refractivity contribution < 1.29 is 38.9 Å². The zero-order valence-electron chi connectivity index (χ0n) is 12.3. The van der Waals surface area contributed by atoms with E-state index < -0.39 is 48.9 Å². The number of hydrogen-bond donors (Lipinski definition) is 2. The van der Waals surface area contributed by atoms with Crippen LogP contribution < -0.4 is 0 Å². The topological polar surface area (TPSA) is 127 Å². The molecule has 2 N–H and O–H groups in total. The Morgan fingerprint density at radius 3 is 1.64 bits per heavy atom. The smallest absolute Gasteiger partial charge is 0.336 e. The molecule has 8 heteroatoms. The minimum atomic E-state index is -1.55. The Morgan fingerprint density at radius 1 is 0.955 bits per heavy atom. The van der Waals surface area contributed by atoms with E-state index in [2.05, 4.69) is 13.2 Å². The Balaban J connectivity index is 5.10. The lowest BCUT2D eigenvalue weighted by Gasteiger charge is -2.21. The molecule has 1 unspecified atom stereocenters. The molecule has 0 spiro atoms. The number of carbonyl (C=O) groups is 4. The predicted molar refractivity (Wildman–Crippen MR) is 73.6 cm³/mol. The first-order chi connectivity index (χ1) is 10.0. The summed E-state index contributed by atoms with van der Waals surface area (Å²) in [4.78, 5) is 44.6. The van der Waals surface area contributed by atoms with Crippen LogP contribution in [0.15, 0.2) is 24.3 Å². The lowest BCUT2D eigenvalue weighted by Crippen LogP contribution is -2.31. The Labute approximate surface area is 127 Å². The van der Waals surface area contributed by atoms with Gasteiger partial charge >= 0.3 is 23.9 Å². The molecule has 0 aliphatic carbocycles. The van der Waals surface area contributed by atoms with Gasteiger partial charge in [0.05, 0.1) is 12.3 Å². The number of carboxylic acid groups (broad SMARTS) is 2. The van der Waals surface area contributed by atoms with E-state index in [-0.39, 0.29) is 11.1 Å². The molecule has 0 amide bonds. The van der Waals surface area contributed by atoms with Crippen molar-refractivity contribution in [1.82, 2.24) is 0 Å². The van der Waals surface area contributed by atoms with Crippen LogP contribution in [0.4, 0.5) is 0 Å². The fourth-order valence-corrected chi connectivity index (χ4v) is 1.27. The van der Waals surface area contributed by atoms with E-state index in [4.69, 9.17) is 19.7 Å². The zero-order valence-corrected chi connectivity index (χ0v) is 12.3. The fraction of sp³-hybridized carbons (Fsp3) is 0.429. The van der Waals surface area contributed by atoms with Gasteiger partial charge in [-0.2, -0.15) is 0 Å². The monoisotopic (exact) mass is 314 g/mol. The van der Waals surface area contributed by atoms with Gasteiger partial charge < -0.3 is 19.7 Å². The van der Waals surface area contributed by atoms with Crippen LogP contribution in [0, 0.1) is 5.92 Å². The van der Waals surface area contributed by atoms with Crippen LogP contribution in [-0.4, -0.2) is 40.4 Å². The van der Waals surface area contributed by atoms with Gasteiger partial charge in [0.25, 0.3) is 0 Å². The molecule has 0 heterocycles. The third-order valence-electron chi connectivity index (χ3n) is 2.42. The highest BCUT2D eigenvalue weighted by Crippen LogP contribution is 2.17. The number of carbonyl (C=O) groups excluding carboxylic acids is 2. The molecule has 0 saturated carbocycles. The van der Waals surface area contributed by atoms with Gasteiger partial charge in [-0.15, -0.1) is 0 Å². The first kappa shape index (κ1) is 19.4. The predicted octanol–water partition coefficient (Wildman–Crippen LogP) is 1.12. The van der Waals surface area contributed by atoms with Crippen molar-refractivity contribution in [2.45, 2.75) is 33.0 Å². The number of carboxylic acids is 2. The molecule has 0 aromatic heterocycles. The number of aliphatic carboxylic acids is 2. The van der Waals surface area contributed by atoms with E-state index in [1.54, 1.807) is 0 Å². The van der Waals surface area contributed by atoms with Crippen LogP contribution in [-0.2, 0) is 28.7 Å². The lowest BCUT2D eigenvalue weighted by molar-refractivity contribution is -0.187. The third kappa shape index (κ3) is 7.22. The maximum atomic E-state index is 11.5. The van der Waals surface area contributed by atoms with E-state index in [0.717, 1.165) is 0 Å². The van der Waals surface area contributed by atoms with Crippen LogP contribution in [0.5, 0.6) is 0 Å². The molecule has 0 bridgehead atoms. The normalized spacial score (nSPS) is 11.4. The van der Waals surface area contributed by atoms with Crippen LogP contribution in [0.3, 0.4) is 0 Å². The Hall–Kier alpha value is -2.64. The summed E-state index contributed by atoms with van der Waals surface area (Å²) in [5, 5.41) is 17.7. The minimum absolute atomic E-state index is 0.0153. The molecule has 0 saturated heterocycles. The third-order valence-corrected chi connectivity index (χ3v) is 2.42. The molecule has 8 nitrogen and oxygen atoms in total. The maximum Gasteiger partial charge on any atom is 0.336 e. The molecular formula is C14H18O8. The van der Waals surface area contributed by atoms with Gasteiger partial charge in [0.15, 0.2) is 0 Å². The first-order valence-electron chi connectivity index (χ1n) is 6.22. The summed E-state index contributed by atoms with van der Waals surface area (Å²) in [5.41, 5.74) is 0.0305. The summed E-state index contributed by atoms with van der Waals surface area (Å²) in [6, 6.07) is 0. The highest BCUT2D eigenvalue weighted by atomic mass is 16.7. The summed E-state index contributed by atoms with van der Waals surface area (Å²) in [6.45, 7) is 9.39. The van der Waals surface area contributed by atoms with E-state index in [0.29, 0.717) is 0 Å². The number of hydrogen-bond acceptors (Lipinski definition) is 6. The second-order valence-corrected chi connectivity index (χ2v) is 4.67. The van der Waals surface area contributed by atoms with Gasteiger partial charge in [0.2, 0.25) is 6.29 Å². The molecule has 0 rings (SSSR count). The molecule has 122 valence electrons. The van der Waals surface area contributed by atoms with Gasteiger partial charge in [-0.1, -0.05) is 13.2 Å². The van der Waals surface area contributed by atoms with Crippen molar-refractivity contribution in [2.75, 3.05) is 0 Å². The molecular weight excluding hydrogens is 296 g/mol. The summed E-state index contributed by atoms with van der Waals surface area (Å²) in [7, 11) is 0. The second-order valence-electron chi connectivity index (χ2n) is 4.67. The summed E-state index contributed by atoms with van der Waals surface area (Å²) >= 11 is 0. The van der Waals surface area contributed by atoms with Crippen LogP contribution >= 0.6 is 0 Å². The second kappa shape index (κ2) is 8.60. The molecule has 0 aromatic rings. The Morgan fingerprint density at radius 2 is 1.36 bits per heavy atom. The summed E-state index contributed by atoms with van der Waals surface area (Å²) < 4.78 is 9.63. The van der Waals surface area contributed by atoms with Crippen molar-refractivity contribution in [2.24, 2.45) is 5.92 Å². The SMILES string of the molecule is C=C(C)C(=O)OC(CC(CC(=O)O)C(=O)O)OC(=O)C(=C)C. The number of rotatable bonds is 9. The first-order valence-corrected chi connectivity index (χ1v) is 6.22. The molecule has 0 aliphatic heterocycles. The highest BCUT2D eigenvalue weighted by molar-refractivity contribution is 5.88. The number of esters is 2. The van der Waals surface area contributed by atoms with E-state index >= 15 is 0 Å². The van der Waals surface area contributed by atoms with Crippen LogP contribution in [0.2, 0.25) is 0 Å². The van der Waals surface area contributed by atoms with Crippen molar-refractivity contribution in [3.8, 4) is 0 Å². The van der Waals surface area contributed by atoms with Gasteiger partial charge in [-0.3, -0.25) is 9.59 Å². The molecule has 0 fully saturated rings. The quantitative estimate of drug-likeness (QED) is 0.368. The summed E-state index contributed by atoms with van der Waals surface area (Å²) in [5.74, 6) is -5.93. The average Bonchev–Trinajstić information content (AvgIpc) is 2.36. The molecule has 0 aromatic carbocycles. The highest BCUT2D eigenvalue weighted by Gasteiger charge is 2.29. The Kier molecular flexibility index (Phi) is 7.57. The van der Waals surface area contributed by atoms with Crippen molar-refractivity contribution in [3.05, 3.63) is 24.3 Å². The number of ether oxygens (including phenoxy) is 2. The average molecular weight is 314 g/mol. The largest absolute Gasteiger partial charge is 0.481 e. The zero-order chi connectivity index (χ0) is 17.4. The molecule has 0 aliphatic rings. The lowest BCUT2D eigenvalue weighted by atomic mass is 10.0. The van der Waals surface area contributed by atoms with E-state index in [1.807, 2.05) is 0 Å². The molecule has 22 heavy (non-hydrogen) atoms. The van der Waals surface area contributed by atoms with Crippen molar-refractivity contribution >= 4 is 23.9 Å². The minimum Gasteiger partial charge on any atom is -0.481 e. The standard InChI is InChI=1S/C14H18O8/c1-7(2)13(19)21-11(22-14(20)8(3)4)6-9(12(17)18)5-10(15)16/h9,11H,1,3,5-6H2,2,4H3,(H,15,16)(H,17,18). The summed E-state index contributed by atoms with van der Waals surface area (Å²) in [6.07, 6.45) is -2.75. The molecule has 1 atom stereocenters. The van der Waals surface area contributed by atoms with Crippen LogP contribution in [0.1, 0.15) is 26.7 Å². The van der Waals surface area contributed by atoms with Crippen molar-refractivity contribution in [3.63, 3.8) is 0 Å². The van der Waals surface area contributed by atoms with Gasteiger partial charge in [0.1, 0.15) is 0 Å². The maximum absolute atomic E-state index is 11.5. The van der Waals surface area contributed by atoms with Crippen molar-refractivity contribution in [1.29, 1.82) is 0 Å². The fourth-order valence-electron chi connectivity index (χ4n) is 1.27. The van der Waals surface area contributed by atoms with Crippen LogP contribution in [0.25, 0.3) is 0 Å². The Bertz CT molecular complexity index is 477. The van der Waals surface area contributed by atoms with E-state index in [1.165, 1.54) is 13.8 Å².